The summed E-state index contributed by atoms with van der Waals surface area (Å²) in [5.74, 6) is -4.86. The van der Waals surface area contributed by atoms with Crippen molar-refractivity contribution in [3.8, 4) is 0 Å². The van der Waals surface area contributed by atoms with Crippen molar-refractivity contribution < 1.29 is 142 Å². The van der Waals surface area contributed by atoms with Gasteiger partial charge in [0.2, 0.25) is 53.2 Å². The van der Waals surface area contributed by atoms with E-state index in [1.165, 1.54) is 20.8 Å². The highest BCUT2D eigenvalue weighted by atomic mass is 16.7. The van der Waals surface area contributed by atoms with Gasteiger partial charge in [0.05, 0.1) is 97.5 Å². The van der Waals surface area contributed by atoms with Crippen LogP contribution < -0.4 is 47.9 Å². The van der Waals surface area contributed by atoms with Gasteiger partial charge in [-0.05, 0) is 39.0 Å². The fourth-order valence-electron chi connectivity index (χ4n) is 12.0. The summed E-state index contributed by atoms with van der Waals surface area (Å²) in [4.78, 5) is 116. The molecule has 3 saturated heterocycles. The molecule has 20 atom stereocenters. The molecule has 0 aromatic heterocycles. The first kappa shape index (κ1) is 89.8. The van der Waals surface area contributed by atoms with Gasteiger partial charge in [-0.15, -0.1) is 0 Å². The summed E-state index contributed by atoms with van der Waals surface area (Å²) in [7, 11) is 0. The summed E-state index contributed by atoms with van der Waals surface area (Å²) >= 11 is 0. The Balaban J connectivity index is 1.33. The van der Waals surface area contributed by atoms with Crippen molar-refractivity contribution in [2.75, 3.05) is 106 Å². The number of carbonyl (C=O) groups excluding carboxylic acids is 9. The van der Waals surface area contributed by atoms with Crippen LogP contribution in [0.5, 0.6) is 0 Å². The third-order valence-corrected chi connectivity index (χ3v) is 17.3. The first-order chi connectivity index (χ1) is 49.3. The highest BCUT2D eigenvalue weighted by Gasteiger charge is 2.48. The molecule has 9 amide bonds. The third kappa shape index (κ3) is 33.4. The Morgan fingerprint density at radius 1 is 0.398 bits per heavy atom. The summed E-state index contributed by atoms with van der Waals surface area (Å²) in [6.45, 7) is 2.82. The van der Waals surface area contributed by atoms with E-state index in [1.54, 1.807) is 0 Å². The maximum atomic E-state index is 13.8. The minimum Gasteiger partial charge on any atom is -0.394 e. The number of hydrogen-bond donors (Lipinski definition) is 19. The lowest BCUT2D eigenvalue weighted by Crippen LogP contribution is -2.64. The Morgan fingerprint density at radius 3 is 1.12 bits per heavy atom. The summed E-state index contributed by atoms with van der Waals surface area (Å²) < 4.78 is 56.1. The quantitative estimate of drug-likeness (QED) is 0.0252. The first-order valence-electron chi connectivity index (χ1n) is 35.6. The number of aliphatic hydroxyl groups excluding tert-OH is 10. The molecule has 0 aromatic carbocycles. The van der Waals surface area contributed by atoms with E-state index in [9.17, 15) is 94.2 Å². The predicted octanol–water partition coefficient (Wildman–Crippen LogP) is -7.26. The molecule has 1 saturated carbocycles. The Hall–Kier alpha value is -5.57. The second-order valence-corrected chi connectivity index (χ2v) is 25.6. The molecule has 3 aliphatic heterocycles. The first-order valence-corrected chi connectivity index (χ1v) is 35.6. The van der Waals surface area contributed by atoms with Crippen molar-refractivity contribution in [3.05, 3.63) is 0 Å². The number of rotatable bonds is 51. The molecule has 0 bridgehead atoms. The second-order valence-electron chi connectivity index (χ2n) is 25.6. The van der Waals surface area contributed by atoms with Crippen molar-refractivity contribution >= 4 is 53.2 Å². The van der Waals surface area contributed by atoms with Gasteiger partial charge in [0.1, 0.15) is 85.1 Å². The molecule has 0 radical (unpaired) electrons. The van der Waals surface area contributed by atoms with Crippen LogP contribution in [0.3, 0.4) is 0 Å². The second kappa shape index (κ2) is 50.1. The number of unbranched alkanes of at least 4 members (excludes halogenated alkanes) is 7. The molecule has 0 aromatic rings. The number of hydrogen-bond acceptors (Lipinski definition) is 29. The molecule has 594 valence electrons. The minimum absolute atomic E-state index is 0.0203. The highest BCUT2D eigenvalue weighted by Crippen LogP contribution is 2.26. The van der Waals surface area contributed by atoms with Crippen LogP contribution in [0.15, 0.2) is 0 Å². The van der Waals surface area contributed by atoms with Gasteiger partial charge in [0.25, 0.3) is 0 Å². The van der Waals surface area contributed by atoms with Gasteiger partial charge < -0.3 is 146 Å². The predicted molar refractivity (Wildman–Crippen MR) is 357 cm³/mol. The van der Waals surface area contributed by atoms with Crippen LogP contribution in [0.1, 0.15) is 130 Å². The molecule has 19 N–H and O–H groups in total. The van der Waals surface area contributed by atoms with Gasteiger partial charge in [-0.2, -0.15) is 0 Å². The highest BCUT2D eigenvalue weighted by molar-refractivity contribution is 5.90. The van der Waals surface area contributed by atoms with E-state index >= 15 is 0 Å². The smallest absolute Gasteiger partial charge is 0.242 e. The third-order valence-electron chi connectivity index (χ3n) is 17.3. The molecule has 3 heterocycles. The van der Waals surface area contributed by atoms with Crippen LogP contribution in [-0.4, -0.2) is 332 Å². The Morgan fingerprint density at radius 2 is 0.748 bits per heavy atom. The van der Waals surface area contributed by atoms with E-state index in [4.69, 9.17) is 47.4 Å². The number of aliphatic hydroxyl groups is 10. The van der Waals surface area contributed by atoms with Gasteiger partial charge in [-0.1, -0.05) is 38.5 Å². The molecule has 38 nitrogen and oxygen atoms in total. The zero-order valence-corrected chi connectivity index (χ0v) is 59.4. The lowest BCUT2D eigenvalue weighted by Gasteiger charge is -2.42. The Bertz CT molecular complexity index is 2520. The lowest BCUT2D eigenvalue weighted by atomic mass is 9.97. The van der Waals surface area contributed by atoms with Gasteiger partial charge >= 0.3 is 0 Å². The van der Waals surface area contributed by atoms with E-state index in [1.807, 2.05) is 6.92 Å². The van der Waals surface area contributed by atoms with Crippen molar-refractivity contribution in [3.63, 3.8) is 0 Å². The lowest BCUT2D eigenvalue weighted by molar-refractivity contribution is -0.272. The van der Waals surface area contributed by atoms with E-state index in [0.29, 0.717) is 45.1 Å². The fraction of sp³-hybridized carbons (Fsp3) is 0.862. The van der Waals surface area contributed by atoms with Gasteiger partial charge in [0, 0.05) is 79.1 Å². The standard InChI is InChI=1S/C65H115N9O29/c1-5-97-44-33-40(81)32-43(44)74-50(84)15-13-11-9-7-6-8-10-12-14-49(83)72-42(62(93)68-22-25-96-28-31-100-65-54(71-39(4)80)60(91)57(88)47(36-77)103-65)17-19-51(85)73-41(61(92)67-21-24-95-27-30-99-64-53(70-38(3)79)59(90)56(87)46(35-76)102-64)16-18-48(82)66-20-23-94-26-29-98-63-52(69-37(2)78)58(89)55(86)45(34-75)101-63/h40-47,52-60,63-65,75-77,81,86-91H,5-36H2,1-4H3,(H,66,82)(H,67,92)(H,68,93)(H,69,78)(H,70,79)(H,71,80)(H,72,83)(H,73,85)(H,74,84)/t40-,41?,42?,43+,44+,45?,46?,47?,52?,53?,54?,55?,56?,57?,58?,59?,60?,63?,64?,65?/m0/s1. The van der Waals surface area contributed by atoms with Crippen molar-refractivity contribution in [1.29, 1.82) is 0 Å². The number of amides is 9. The van der Waals surface area contributed by atoms with Crippen LogP contribution in [0, 0.1) is 0 Å². The van der Waals surface area contributed by atoms with E-state index in [-0.39, 0.29) is 123 Å². The molecule has 103 heavy (non-hydrogen) atoms. The summed E-state index contributed by atoms with van der Waals surface area (Å²) in [6.07, 6.45) is -10.8. The summed E-state index contributed by atoms with van der Waals surface area (Å²) in [5.41, 5.74) is 0. The van der Waals surface area contributed by atoms with Crippen molar-refractivity contribution in [1.82, 2.24) is 47.9 Å². The normalized spacial score (nSPS) is 28.3. The summed E-state index contributed by atoms with van der Waals surface area (Å²) in [6, 6.07) is -6.36. The zero-order valence-electron chi connectivity index (χ0n) is 59.4. The molecule has 4 aliphatic rings. The molecule has 0 spiro atoms. The molecule has 17 unspecified atom stereocenters. The maximum absolute atomic E-state index is 13.8. The molecule has 4 fully saturated rings. The Labute approximate surface area is 599 Å². The van der Waals surface area contributed by atoms with Crippen LogP contribution >= 0.6 is 0 Å². The molecule has 38 heteroatoms. The zero-order chi connectivity index (χ0) is 75.8. The molecular formula is C65H115N9O29. The van der Waals surface area contributed by atoms with Crippen LogP contribution in [0.25, 0.3) is 0 Å². The number of carbonyl (C=O) groups is 9. The van der Waals surface area contributed by atoms with E-state index in [2.05, 4.69) is 47.9 Å². The SMILES string of the molecule is CCO[C@@H]1C[C@@H](O)C[C@H]1NC(=O)CCCCCCCCCCC(=O)NC(CCC(=O)NC(CCC(=O)NCCOCCOC1OC(CO)C(O)C(O)C1NC(C)=O)C(=O)NCCOCCOC1OC(CO)C(O)C(O)C1NC(C)=O)C(=O)NCCOCCOC1OC(CO)C(O)C(O)C1NC(C)=O. The molecule has 4 rings (SSSR count). The van der Waals surface area contributed by atoms with Gasteiger partial charge in [0.15, 0.2) is 18.9 Å². The van der Waals surface area contributed by atoms with Crippen LogP contribution in [0.2, 0.25) is 0 Å². The van der Waals surface area contributed by atoms with E-state index in [0.717, 1.165) is 32.1 Å². The number of nitrogens with one attached hydrogen (secondary N) is 9. The van der Waals surface area contributed by atoms with Crippen LogP contribution in [0.4, 0.5) is 0 Å². The van der Waals surface area contributed by atoms with Crippen LogP contribution in [-0.2, 0) is 90.5 Å². The Kier molecular flexibility index (Phi) is 43.7. The average molecular weight is 1490 g/mol. The van der Waals surface area contributed by atoms with Gasteiger partial charge in [-0.25, -0.2) is 0 Å². The molecular weight excluding hydrogens is 1370 g/mol. The maximum Gasteiger partial charge on any atom is 0.242 e. The van der Waals surface area contributed by atoms with Gasteiger partial charge in [-0.3, -0.25) is 43.2 Å². The molecule has 1 aliphatic carbocycles. The van der Waals surface area contributed by atoms with E-state index < -0.39 is 184 Å². The average Bonchev–Trinajstić information content (AvgIpc) is 1.66. The largest absolute Gasteiger partial charge is 0.394 e. The number of ether oxygens (including phenoxy) is 10. The minimum atomic E-state index is -1.54. The summed E-state index contributed by atoms with van der Waals surface area (Å²) in [5, 5.41) is 125. The van der Waals surface area contributed by atoms with Crippen molar-refractivity contribution in [2.45, 2.75) is 253 Å². The topological polar surface area (TPSA) is 556 Å². The monoisotopic (exact) mass is 1490 g/mol. The fourth-order valence-corrected chi connectivity index (χ4v) is 12.0. The van der Waals surface area contributed by atoms with Crippen molar-refractivity contribution in [2.24, 2.45) is 0 Å².